The van der Waals surface area contributed by atoms with Crippen LogP contribution < -0.4 is 0 Å². The zero-order valence-electron chi connectivity index (χ0n) is 30.7. The van der Waals surface area contributed by atoms with E-state index in [1.165, 1.54) is 0 Å². The highest BCUT2D eigenvalue weighted by Gasteiger charge is 2.61. The second-order valence-electron chi connectivity index (χ2n) is 17.1. The summed E-state index contributed by atoms with van der Waals surface area (Å²) < 4.78 is 33.5. The summed E-state index contributed by atoms with van der Waals surface area (Å²) in [6.07, 6.45) is 2.26. The molecule has 5 aliphatic heterocycles. The Morgan fingerprint density at radius 1 is 0.918 bits per heavy atom. The third-order valence-electron chi connectivity index (χ3n) is 13.4. The van der Waals surface area contributed by atoms with Gasteiger partial charge in [0.2, 0.25) is 0 Å². The fourth-order valence-corrected chi connectivity index (χ4v) is 10.1. The van der Waals surface area contributed by atoms with Gasteiger partial charge in [-0.15, -0.1) is 0 Å². The summed E-state index contributed by atoms with van der Waals surface area (Å²) in [4.78, 5) is 23.4. The number of aliphatic carboxylic acids is 2. The first-order chi connectivity index (χ1) is 22.8. The van der Waals surface area contributed by atoms with Gasteiger partial charge in [0.05, 0.1) is 60.4 Å². The van der Waals surface area contributed by atoms with Crippen molar-refractivity contribution in [3.8, 4) is 0 Å². The molecule has 0 saturated carbocycles. The highest BCUT2D eigenvalue weighted by atomic mass is 16.7. The number of hydrogen-bond donors (Lipinski definition) is 5. The van der Waals surface area contributed by atoms with Gasteiger partial charge in [0.15, 0.2) is 11.6 Å². The molecule has 17 atom stereocenters. The molecule has 5 rings (SSSR count). The Labute approximate surface area is 291 Å². The molecule has 0 aromatic heterocycles. The number of ether oxygens (including phenoxy) is 5. The fraction of sp³-hybridized carbons (Fsp3) is 0.946. The van der Waals surface area contributed by atoms with Gasteiger partial charge in [-0.25, -0.2) is 0 Å². The second kappa shape index (κ2) is 14.2. The summed E-state index contributed by atoms with van der Waals surface area (Å²) in [7, 11) is 0. The molecule has 0 aliphatic carbocycles. The van der Waals surface area contributed by atoms with E-state index < -0.39 is 65.4 Å². The third-order valence-corrected chi connectivity index (χ3v) is 13.4. The van der Waals surface area contributed by atoms with Crippen LogP contribution in [-0.4, -0.2) is 103 Å². The molecule has 5 fully saturated rings. The number of carbonyl (C=O) groups is 2. The normalized spacial score (nSPS) is 49.2. The molecule has 5 N–H and O–H groups in total. The molecule has 0 aromatic rings. The molecule has 0 amide bonds. The van der Waals surface area contributed by atoms with Crippen molar-refractivity contribution in [1.82, 2.24) is 0 Å². The van der Waals surface area contributed by atoms with Crippen molar-refractivity contribution in [3.63, 3.8) is 0 Å². The fourth-order valence-electron chi connectivity index (χ4n) is 10.1. The van der Waals surface area contributed by atoms with Gasteiger partial charge in [-0.1, -0.05) is 41.5 Å². The number of rotatable bonds is 11. The Balaban J connectivity index is 1.27. The first kappa shape index (κ1) is 38.8. The van der Waals surface area contributed by atoms with Gasteiger partial charge in [-0.3, -0.25) is 9.59 Å². The van der Waals surface area contributed by atoms with Crippen LogP contribution in [0.3, 0.4) is 0 Å². The standard InChI is InChI=1S/C37H62O12/c1-19-15-21(3)37(44,18-38)48-30(19)27-16-20(2)32(45-27)35(8)12-11-28(46-35)34(7)13-14-36(49-34)17-26(39)24(6)31(47-36)22(4)25(9-10-29(40)41)23(5)33(42)43/h19-28,30-32,38-39,44H,9-18H2,1-8H3,(H,40,41)(H,42,43). The lowest BCUT2D eigenvalue weighted by atomic mass is 9.72. The van der Waals surface area contributed by atoms with E-state index in [1.54, 1.807) is 6.92 Å². The van der Waals surface area contributed by atoms with Crippen molar-refractivity contribution in [3.05, 3.63) is 0 Å². The lowest BCUT2D eigenvalue weighted by Crippen LogP contribution is -2.56. The molecular formula is C37H62O12. The number of carboxylic acid groups (broad SMARTS) is 2. The highest BCUT2D eigenvalue weighted by molar-refractivity contribution is 5.70. The molecule has 0 bridgehead atoms. The van der Waals surface area contributed by atoms with E-state index in [0.717, 1.165) is 25.7 Å². The number of carboxylic acids is 2. The lowest BCUT2D eigenvalue weighted by molar-refractivity contribution is -0.334. The topological polar surface area (TPSA) is 181 Å². The van der Waals surface area contributed by atoms with Crippen LogP contribution in [0, 0.1) is 41.4 Å². The number of hydrogen-bond acceptors (Lipinski definition) is 10. The maximum Gasteiger partial charge on any atom is 0.306 e. The maximum absolute atomic E-state index is 12.0. The Hall–Kier alpha value is -1.38. The number of aliphatic hydroxyl groups excluding tert-OH is 2. The summed E-state index contributed by atoms with van der Waals surface area (Å²) in [5, 5.41) is 51.3. The first-order valence-electron chi connectivity index (χ1n) is 18.6. The second-order valence-corrected chi connectivity index (χ2v) is 17.1. The zero-order chi connectivity index (χ0) is 36.3. The molecule has 282 valence electrons. The monoisotopic (exact) mass is 698 g/mol. The SMILES string of the molecule is CC1CC(C)C(O)(CO)OC1C1CC(C)C(C2(C)CCC(C3(C)CCC4(CC(O)C(C)C(C(C)C(CCC(=O)O)C(C)C(=O)O)O4)O3)O2)O1. The van der Waals surface area contributed by atoms with E-state index in [-0.39, 0.29) is 73.3 Å². The third kappa shape index (κ3) is 7.45. The smallest absolute Gasteiger partial charge is 0.306 e. The molecular weight excluding hydrogens is 636 g/mol. The summed E-state index contributed by atoms with van der Waals surface area (Å²) >= 11 is 0. The largest absolute Gasteiger partial charge is 0.481 e. The maximum atomic E-state index is 12.0. The van der Waals surface area contributed by atoms with E-state index >= 15 is 0 Å². The Morgan fingerprint density at radius 2 is 1.61 bits per heavy atom. The van der Waals surface area contributed by atoms with Crippen molar-refractivity contribution in [1.29, 1.82) is 0 Å². The van der Waals surface area contributed by atoms with Crippen LogP contribution in [-0.2, 0) is 33.3 Å². The Bertz CT molecular complexity index is 1200. The predicted octanol–water partition coefficient (Wildman–Crippen LogP) is 4.35. The van der Waals surface area contributed by atoms with Crippen LogP contribution in [0.15, 0.2) is 0 Å². The van der Waals surface area contributed by atoms with Crippen LogP contribution >= 0.6 is 0 Å². The summed E-state index contributed by atoms with van der Waals surface area (Å²) in [6.45, 7) is 15.3. The highest BCUT2D eigenvalue weighted by Crippen LogP contribution is 2.54. The lowest BCUT2D eigenvalue weighted by Gasteiger charge is -2.49. The molecule has 12 heteroatoms. The van der Waals surface area contributed by atoms with Crippen molar-refractivity contribution in [2.24, 2.45) is 41.4 Å². The minimum Gasteiger partial charge on any atom is -0.481 e. The minimum absolute atomic E-state index is 0.144. The van der Waals surface area contributed by atoms with Crippen LogP contribution in [0.5, 0.6) is 0 Å². The summed E-state index contributed by atoms with van der Waals surface area (Å²) in [6, 6.07) is 0. The van der Waals surface area contributed by atoms with E-state index in [0.29, 0.717) is 12.8 Å². The molecule has 5 aliphatic rings. The molecule has 5 saturated heterocycles. The average molecular weight is 699 g/mol. The van der Waals surface area contributed by atoms with Crippen LogP contribution in [0.2, 0.25) is 0 Å². The quantitative estimate of drug-likeness (QED) is 0.206. The van der Waals surface area contributed by atoms with Crippen molar-refractivity contribution in [2.75, 3.05) is 6.61 Å². The molecule has 49 heavy (non-hydrogen) atoms. The molecule has 5 heterocycles. The Morgan fingerprint density at radius 3 is 2.24 bits per heavy atom. The zero-order valence-corrected chi connectivity index (χ0v) is 30.7. The van der Waals surface area contributed by atoms with Gasteiger partial charge in [-0.05, 0) is 76.0 Å². The van der Waals surface area contributed by atoms with E-state index in [1.807, 2.05) is 27.7 Å². The molecule has 0 radical (unpaired) electrons. The van der Waals surface area contributed by atoms with Gasteiger partial charge in [0.1, 0.15) is 0 Å². The van der Waals surface area contributed by atoms with Gasteiger partial charge in [0, 0.05) is 31.1 Å². The molecule has 0 aromatic carbocycles. The van der Waals surface area contributed by atoms with Crippen LogP contribution in [0.25, 0.3) is 0 Å². The van der Waals surface area contributed by atoms with Crippen LogP contribution in [0.1, 0.15) is 113 Å². The average Bonchev–Trinajstić information content (AvgIpc) is 3.72. The van der Waals surface area contributed by atoms with Crippen LogP contribution in [0.4, 0.5) is 0 Å². The molecule has 17 unspecified atom stereocenters. The minimum atomic E-state index is -1.58. The van der Waals surface area contributed by atoms with E-state index in [9.17, 15) is 35.1 Å². The van der Waals surface area contributed by atoms with Gasteiger partial charge < -0.3 is 49.2 Å². The van der Waals surface area contributed by atoms with Crippen molar-refractivity contribution >= 4 is 11.9 Å². The van der Waals surface area contributed by atoms with Gasteiger partial charge in [0.25, 0.3) is 0 Å². The van der Waals surface area contributed by atoms with Gasteiger partial charge in [-0.2, -0.15) is 0 Å². The van der Waals surface area contributed by atoms with E-state index in [2.05, 4.69) is 20.8 Å². The summed E-state index contributed by atoms with van der Waals surface area (Å²) in [5.41, 5.74) is -1.28. The Kier molecular flexibility index (Phi) is 11.3. The predicted molar refractivity (Wildman–Crippen MR) is 177 cm³/mol. The first-order valence-corrected chi connectivity index (χ1v) is 18.6. The van der Waals surface area contributed by atoms with Crippen molar-refractivity contribution < 1.29 is 58.8 Å². The summed E-state index contributed by atoms with van der Waals surface area (Å²) in [5.74, 6) is -6.34. The van der Waals surface area contributed by atoms with Gasteiger partial charge >= 0.3 is 11.9 Å². The van der Waals surface area contributed by atoms with E-state index in [4.69, 9.17) is 23.7 Å². The number of aliphatic hydroxyl groups is 3. The molecule has 12 nitrogen and oxygen atoms in total. The molecule has 1 spiro atoms. The van der Waals surface area contributed by atoms with Crippen molar-refractivity contribution in [2.45, 2.75) is 173 Å².